The number of hydrogen-bond donors (Lipinski definition) is 2. The molecule has 0 aliphatic rings. The fraction of sp³-hybridized carbons (Fsp3) is 0.286. The summed E-state index contributed by atoms with van der Waals surface area (Å²) in [7, 11) is 0. The number of amides is 1. The molecule has 1 amide bonds. The van der Waals surface area contributed by atoms with Crippen LogP contribution < -0.4 is 5.32 Å². The van der Waals surface area contributed by atoms with Crippen LogP contribution in [0.3, 0.4) is 0 Å². The normalized spacial score (nSPS) is 11.1. The van der Waals surface area contributed by atoms with Crippen LogP contribution in [0.4, 0.5) is 10.5 Å². The molecule has 5 heteroatoms. The molecule has 0 radical (unpaired) electrons. The highest BCUT2D eigenvalue weighted by Crippen LogP contribution is 2.20. The smallest absolute Gasteiger partial charge is 0.412 e. The van der Waals surface area contributed by atoms with Crippen molar-refractivity contribution in [1.82, 2.24) is 9.97 Å². The number of hydrogen-bond acceptors (Lipinski definition) is 3. The van der Waals surface area contributed by atoms with E-state index < -0.39 is 11.7 Å². The van der Waals surface area contributed by atoms with E-state index in [1.165, 1.54) is 0 Å². The van der Waals surface area contributed by atoms with Gasteiger partial charge in [0.2, 0.25) is 0 Å². The molecule has 0 saturated heterocycles. The van der Waals surface area contributed by atoms with Gasteiger partial charge in [0, 0.05) is 11.3 Å². The van der Waals surface area contributed by atoms with Crippen molar-refractivity contribution in [2.24, 2.45) is 0 Å². The van der Waals surface area contributed by atoms with E-state index >= 15 is 0 Å². The Morgan fingerprint density at radius 1 is 1.37 bits per heavy atom. The largest absolute Gasteiger partial charge is 0.444 e. The van der Waals surface area contributed by atoms with Gasteiger partial charge in [0.05, 0.1) is 18.2 Å². The fourth-order valence-electron chi connectivity index (χ4n) is 1.60. The third-order valence-electron chi connectivity index (χ3n) is 2.32. The number of aromatic nitrogens is 2. The number of nitrogens with zero attached hydrogens (tertiary/aromatic N) is 1. The van der Waals surface area contributed by atoms with Gasteiger partial charge in [-0.25, -0.2) is 9.78 Å². The maximum absolute atomic E-state index is 11.7. The third kappa shape index (κ3) is 3.84. The first-order valence-electron chi connectivity index (χ1n) is 6.03. The van der Waals surface area contributed by atoms with E-state index in [9.17, 15) is 4.79 Å². The zero-order valence-corrected chi connectivity index (χ0v) is 11.2. The van der Waals surface area contributed by atoms with Gasteiger partial charge in [-0.2, -0.15) is 0 Å². The molecule has 0 unspecified atom stereocenters. The Balaban J connectivity index is 2.10. The monoisotopic (exact) mass is 259 g/mol. The molecule has 5 nitrogen and oxygen atoms in total. The Kier molecular flexibility index (Phi) is 3.55. The van der Waals surface area contributed by atoms with Gasteiger partial charge in [0.15, 0.2) is 0 Å². The van der Waals surface area contributed by atoms with E-state index in [2.05, 4.69) is 15.3 Å². The second-order valence-electron chi connectivity index (χ2n) is 5.17. The Morgan fingerprint density at radius 2 is 2.16 bits per heavy atom. The average Bonchev–Trinajstić information content (AvgIpc) is 2.79. The molecular weight excluding hydrogens is 242 g/mol. The molecular formula is C14H17N3O2. The lowest BCUT2D eigenvalue weighted by Gasteiger charge is -2.19. The van der Waals surface area contributed by atoms with Crippen molar-refractivity contribution in [2.75, 3.05) is 5.32 Å². The highest BCUT2D eigenvalue weighted by atomic mass is 16.6. The molecule has 2 N–H and O–H groups in total. The molecule has 0 aliphatic carbocycles. The number of anilines is 1. The number of ether oxygens (including phenoxy) is 1. The van der Waals surface area contributed by atoms with Crippen molar-refractivity contribution in [1.29, 1.82) is 0 Å². The van der Waals surface area contributed by atoms with Gasteiger partial charge >= 0.3 is 6.09 Å². The number of carbonyl (C=O) groups is 1. The summed E-state index contributed by atoms with van der Waals surface area (Å²) in [6.07, 6.45) is 2.88. The van der Waals surface area contributed by atoms with Gasteiger partial charge in [-0.05, 0) is 32.9 Å². The summed E-state index contributed by atoms with van der Waals surface area (Å²) >= 11 is 0. The SMILES string of the molecule is CC(C)(C)OC(=O)Nc1cccc(-c2cnc[nH]2)c1. The van der Waals surface area contributed by atoms with Gasteiger partial charge in [-0.1, -0.05) is 12.1 Å². The van der Waals surface area contributed by atoms with Crippen molar-refractivity contribution in [3.05, 3.63) is 36.8 Å². The van der Waals surface area contributed by atoms with Crippen molar-refractivity contribution in [3.63, 3.8) is 0 Å². The zero-order chi connectivity index (χ0) is 13.9. The van der Waals surface area contributed by atoms with Gasteiger partial charge in [0.25, 0.3) is 0 Å². The van der Waals surface area contributed by atoms with Crippen molar-refractivity contribution >= 4 is 11.8 Å². The molecule has 1 aromatic carbocycles. The van der Waals surface area contributed by atoms with Crippen LogP contribution in [0.2, 0.25) is 0 Å². The summed E-state index contributed by atoms with van der Waals surface area (Å²) < 4.78 is 5.20. The topological polar surface area (TPSA) is 67.0 Å². The first-order valence-corrected chi connectivity index (χ1v) is 6.03. The molecule has 0 bridgehead atoms. The Morgan fingerprint density at radius 3 is 2.79 bits per heavy atom. The molecule has 1 aromatic heterocycles. The Bertz CT molecular complexity index is 556. The van der Waals surface area contributed by atoms with Crippen molar-refractivity contribution in [3.8, 4) is 11.3 Å². The van der Waals surface area contributed by atoms with Crippen LogP contribution in [-0.4, -0.2) is 21.7 Å². The minimum Gasteiger partial charge on any atom is -0.444 e. The Labute approximate surface area is 112 Å². The molecule has 100 valence electrons. The molecule has 0 spiro atoms. The molecule has 19 heavy (non-hydrogen) atoms. The molecule has 2 aromatic rings. The lowest BCUT2D eigenvalue weighted by atomic mass is 10.1. The minimum atomic E-state index is -0.509. The summed E-state index contributed by atoms with van der Waals surface area (Å²) in [6.45, 7) is 5.48. The van der Waals surface area contributed by atoms with Crippen LogP contribution in [0, 0.1) is 0 Å². The van der Waals surface area contributed by atoms with E-state index in [0.29, 0.717) is 5.69 Å². The fourth-order valence-corrected chi connectivity index (χ4v) is 1.60. The molecule has 2 rings (SSSR count). The first kappa shape index (κ1) is 13.1. The highest BCUT2D eigenvalue weighted by Gasteiger charge is 2.16. The lowest BCUT2D eigenvalue weighted by Crippen LogP contribution is -2.27. The van der Waals surface area contributed by atoms with Gasteiger partial charge in [0.1, 0.15) is 5.60 Å². The maximum atomic E-state index is 11.7. The number of imidazole rings is 1. The van der Waals surface area contributed by atoms with Gasteiger partial charge in [-0.3, -0.25) is 5.32 Å². The summed E-state index contributed by atoms with van der Waals surface area (Å²) in [6, 6.07) is 7.47. The second kappa shape index (κ2) is 5.14. The number of carbonyl (C=O) groups excluding carboxylic acids is 1. The molecule has 0 fully saturated rings. The Hall–Kier alpha value is -2.30. The van der Waals surface area contributed by atoms with Crippen LogP contribution in [0.15, 0.2) is 36.8 Å². The lowest BCUT2D eigenvalue weighted by molar-refractivity contribution is 0.0636. The summed E-state index contributed by atoms with van der Waals surface area (Å²) in [5.74, 6) is 0. The number of benzene rings is 1. The number of rotatable bonds is 2. The molecule has 0 atom stereocenters. The minimum absolute atomic E-state index is 0.464. The number of nitrogens with one attached hydrogen (secondary N) is 2. The second-order valence-corrected chi connectivity index (χ2v) is 5.17. The van der Waals surface area contributed by atoms with E-state index in [-0.39, 0.29) is 0 Å². The average molecular weight is 259 g/mol. The van der Waals surface area contributed by atoms with E-state index in [1.807, 2.05) is 45.0 Å². The predicted octanol–water partition coefficient (Wildman–Crippen LogP) is 3.42. The predicted molar refractivity (Wildman–Crippen MR) is 73.9 cm³/mol. The van der Waals surface area contributed by atoms with Crippen LogP contribution >= 0.6 is 0 Å². The third-order valence-corrected chi connectivity index (χ3v) is 2.32. The summed E-state index contributed by atoms with van der Waals surface area (Å²) in [4.78, 5) is 18.7. The highest BCUT2D eigenvalue weighted by molar-refractivity contribution is 5.86. The molecule has 0 aliphatic heterocycles. The van der Waals surface area contributed by atoms with Crippen LogP contribution in [-0.2, 0) is 4.74 Å². The number of H-pyrrole nitrogens is 1. The first-order chi connectivity index (χ1) is 8.94. The van der Waals surface area contributed by atoms with Crippen molar-refractivity contribution in [2.45, 2.75) is 26.4 Å². The summed E-state index contributed by atoms with van der Waals surface area (Å²) in [5, 5.41) is 2.71. The van der Waals surface area contributed by atoms with Gasteiger partial charge < -0.3 is 9.72 Å². The zero-order valence-electron chi connectivity index (χ0n) is 11.2. The standard InChI is InChI=1S/C14H17N3O2/c1-14(2,3)19-13(18)17-11-6-4-5-10(7-11)12-8-15-9-16-12/h4-9H,1-3H3,(H,15,16)(H,17,18). The van der Waals surface area contributed by atoms with Crippen LogP contribution in [0.25, 0.3) is 11.3 Å². The van der Waals surface area contributed by atoms with Crippen molar-refractivity contribution < 1.29 is 9.53 Å². The van der Waals surface area contributed by atoms with E-state index in [1.54, 1.807) is 12.5 Å². The quantitative estimate of drug-likeness (QED) is 0.868. The summed E-state index contributed by atoms with van der Waals surface area (Å²) in [5.41, 5.74) is 2.02. The van der Waals surface area contributed by atoms with Crippen LogP contribution in [0.5, 0.6) is 0 Å². The van der Waals surface area contributed by atoms with Crippen LogP contribution in [0.1, 0.15) is 20.8 Å². The van der Waals surface area contributed by atoms with E-state index in [0.717, 1.165) is 11.3 Å². The number of aromatic amines is 1. The molecule has 1 heterocycles. The van der Waals surface area contributed by atoms with E-state index in [4.69, 9.17) is 4.74 Å². The van der Waals surface area contributed by atoms with Gasteiger partial charge in [-0.15, -0.1) is 0 Å². The maximum Gasteiger partial charge on any atom is 0.412 e. The molecule has 0 saturated carbocycles.